The Balaban J connectivity index is 4.18. The Kier molecular flexibility index (Phi) is 4.99. The van der Waals surface area contributed by atoms with Crippen LogP contribution in [0.3, 0.4) is 0 Å². The molecule has 0 rings (SSSR count). The van der Waals surface area contributed by atoms with Crippen molar-refractivity contribution in [3.8, 4) is 0 Å². The number of hydrogen-bond donors (Lipinski definition) is 1. The van der Waals surface area contributed by atoms with E-state index in [0.717, 1.165) is 7.48 Å². The Hall–Kier alpha value is 0.0849. The van der Waals surface area contributed by atoms with Crippen LogP contribution in [0.25, 0.3) is 0 Å². The molecule has 0 aliphatic rings. The second kappa shape index (κ2) is 4.95. The van der Waals surface area contributed by atoms with Gasteiger partial charge < -0.3 is 9.76 Å². The minimum atomic E-state index is -1.57. The van der Waals surface area contributed by atoms with Crippen molar-refractivity contribution in [3.05, 3.63) is 0 Å². The predicted octanol–water partition coefficient (Wildman–Crippen LogP) is 1.54. The summed E-state index contributed by atoms with van der Waals surface area (Å²) in [6, 6.07) is 0. The van der Waals surface area contributed by atoms with Gasteiger partial charge in [0.2, 0.25) is 0 Å². The summed E-state index contributed by atoms with van der Waals surface area (Å²) in [6.45, 7) is 7.61. The topological polar surface area (TPSA) is 46.5 Å². The molecular formula is C7H16BO3P+. The molecule has 0 amide bonds. The third-order valence-corrected chi connectivity index (χ3v) is 3.68. The highest BCUT2D eigenvalue weighted by molar-refractivity contribution is 7.49. The van der Waals surface area contributed by atoms with Crippen molar-refractivity contribution in [2.45, 2.75) is 38.6 Å². The van der Waals surface area contributed by atoms with E-state index < -0.39 is 12.9 Å². The van der Waals surface area contributed by atoms with Gasteiger partial charge in [0, 0.05) is 13.5 Å². The fourth-order valence-electron chi connectivity index (χ4n) is 0.834. The molecule has 0 aromatic rings. The third kappa shape index (κ3) is 3.22. The van der Waals surface area contributed by atoms with Crippen LogP contribution >= 0.6 is 7.80 Å². The van der Waals surface area contributed by atoms with Gasteiger partial charge in [-0.25, -0.2) is 0 Å². The van der Waals surface area contributed by atoms with Gasteiger partial charge in [-0.1, -0.05) is 4.57 Å². The van der Waals surface area contributed by atoms with Gasteiger partial charge in [-0.2, -0.15) is 0 Å². The largest absolute Gasteiger partial charge is 0.450 e. The first-order valence-electron chi connectivity index (χ1n) is 4.02. The van der Waals surface area contributed by atoms with Gasteiger partial charge in [-0.15, -0.1) is 0 Å². The standard InChI is InChI=1S/C7H16BO3P/c1-5-11-6(2)12(10)7(3,4)8-9/h6,9H,5H2,1-4H3/q+1. The van der Waals surface area contributed by atoms with Crippen LogP contribution in [0.4, 0.5) is 0 Å². The average Bonchev–Trinajstić information content (AvgIpc) is 2.03. The first-order chi connectivity index (χ1) is 5.45. The number of ether oxygens (including phenoxy) is 1. The second-order valence-corrected chi connectivity index (χ2v) is 5.69. The van der Waals surface area contributed by atoms with E-state index in [1.54, 1.807) is 20.8 Å². The van der Waals surface area contributed by atoms with Gasteiger partial charge in [0.05, 0.1) is 0 Å². The first kappa shape index (κ1) is 12.1. The highest BCUT2D eigenvalue weighted by Gasteiger charge is 2.44. The molecule has 2 atom stereocenters. The Bertz CT molecular complexity index is 161. The van der Waals surface area contributed by atoms with Crippen LogP contribution in [0, 0.1) is 0 Å². The maximum absolute atomic E-state index is 11.6. The Morgan fingerprint density at radius 3 is 2.50 bits per heavy atom. The van der Waals surface area contributed by atoms with Crippen molar-refractivity contribution in [2.24, 2.45) is 0 Å². The average molecular weight is 190 g/mol. The molecule has 1 N–H and O–H groups in total. The van der Waals surface area contributed by atoms with Crippen molar-refractivity contribution < 1.29 is 14.3 Å². The van der Waals surface area contributed by atoms with Gasteiger partial charge in [0.25, 0.3) is 5.85 Å². The summed E-state index contributed by atoms with van der Waals surface area (Å²) >= 11 is 0. The van der Waals surface area contributed by atoms with Crippen LogP contribution in [0.1, 0.15) is 27.7 Å². The summed E-state index contributed by atoms with van der Waals surface area (Å²) in [6.07, 6.45) is 0. The van der Waals surface area contributed by atoms with Crippen LogP contribution < -0.4 is 0 Å². The molecular weight excluding hydrogens is 174 g/mol. The highest BCUT2D eigenvalue weighted by atomic mass is 31.1. The molecule has 0 aromatic heterocycles. The zero-order valence-electron chi connectivity index (χ0n) is 8.07. The van der Waals surface area contributed by atoms with E-state index in [-0.39, 0.29) is 5.85 Å². The maximum Gasteiger partial charge on any atom is 0.369 e. The summed E-state index contributed by atoms with van der Waals surface area (Å²) in [5, 5.41) is 8.15. The van der Waals surface area contributed by atoms with E-state index in [1.165, 1.54) is 0 Å². The molecule has 2 unspecified atom stereocenters. The molecule has 12 heavy (non-hydrogen) atoms. The lowest BCUT2D eigenvalue weighted by Crippen LogP contribution is -2.27. The molecule has 1 radical (unpaired) electrons. The molecule has 5 heteroatoms. The Morgan fingerprint density at radius 2 is 2.17 bits per heavy atom. The molecule has 0 aromatic carbocycles. The molecule has 3 nitrogen and oxygen atoms in total. The quantitative estimate of drug-likeness (QED) is 0.528. The lowest BCUT2D eigenvalue weighted by molar-refractivity contribution is 0.129. The lowest BCUT2D eigenvalue weighted by atomic mass is 9.83. The minimum Gasteiger partial charge on any atom is -0.450 e. The zero-order valence-corrected chi connectivity index (χ0v) is 8.97. The van der Waals surface area contributed by atoms with Gasteiger partial charge in [-0.05, 0) is 20.8 Å². The molecule has 69 valence electrons. The van der Waals surface area contributed by atoms with Crippen molar-refractivity contribution >= 4 is 15.3 Å². The fraction of sp³-hybridized carbons (Fsp3) is 1.00. The van der Waals surface area contributed by atoms with Crippen LogP contribution in [-0.2, 0) is 9.30 Å². The molecule has 0 heterocycles. The second-order valence-electron chi connectivity index (χ2n) is 3.16. The van der Waals surface area contributed by atoms with Gasteiger partial charge >= 0.3 is 15.3 Å². The summed E-state index contributed by atoms with van der Waals surface area (Å²) in [5.41, 5.74) is 0. The summed E-state index contributed by atoms with van der Waals surface area (Å²) in [5.74, 6) is -0.302. The molecule has 0 saturated heterocycles. The third-order valence-electron chi connectivity index (χ3n) is 1.62. The predicted molar refractivity (Wildman–Crippen MR) is 50.7 cm³/mol. The lowest BCUT2D eigenvalue weighted by Gasteiger charge is -2.11. The van der Waals surface area contributed by atoms with Crippen LogP contribution in [0.5, 0.6) is 0 Å². The van der Waals surface area contributed by atoms with Crippen LogP contribution in [0.15, 0.2) is 0 Å². The molecule has 0 spiro atoms. The molecule has 0 aliphatic carbocycles. The Labute approximate surface area is 75.6 Å². The zero-order chi connectivity index (χ0) is 9.78. The van der Waals surface area contributed by atoms with E-state index in [4.69, 9.17) is 9.76 Å². The fourth-order valence-corrected chi connectivity index (χ4v) is 2.17. The van der Waals surface area contributed by atoms with E-state index >= 15 is 0 Å². The Morgan fingerprint density at radius 1 is 1.67 bits per heavy atom. The smallest absolute Gasteiger partial charge is 0.369 e. The van der Waals surface area contributed by atoms with E-state index in [0.29, 0.717) is 6.61 Å². The highest BCUT2D eigenvalue weighted by Crippen LogP contribution is 2.42. The van der Waals surface area contributed by atoms with Gasteiger partial charge in [0.15, 0.2) is 5.06 Å². The van der Waals surface area contributed by atoms with Crippen LogP contribution in [0.2, 0.25) is 0 Å². The van der Waals surface area contributed by atoms with E-state index in [1.807, 2.05) is 6.92 Å². The number of hydrogen-bond acceptors (Lipinski definition) is 3. The first-order valence-corrected chi connectivity index (χ1v) is 5.35. The summed E-state index contributed by atoms with van der Waals surface area (Å²) in [7, 11) is -0.595. The van der Waals surface area contributed by atoms with Crippen molar-refractivity contribution in [3.63, 3.8) is 0 Å². The van der Waals surface area contributed by atoms with Gasteiger partial charge in [0.1, 0.15) is 0 Å². The normalized spacial score (nSPS) is 15.6. The van der Waals surface area contributed by atoms with E-state index in [2.05, 4.69) is 0 Å². The minimum absolute atomic E-state index is 0.302. The monoisotopic (exact) mass is 190 g/mol. The van der Waals surface area contributed by atoms with Crippen molar-refractivity contribution in [1.82, 2.24) is 0 Å². The van der Waals surface area contributed by atoms with Crippen molar-refractivity contribution in [1.29, 1.82) is 0 Å². The molecule has 0 saturated carbocycles. The van der Waals surface area contributed by atoms with Crippen molar-refractivity contribution in [2.75, 3.05) is 6.61 Å². The number of rotatable bonds is 5. The van der Waals surface area contributed by atoms with E-state index in [9.17, 15) is 4.57 Å². The SMILES string of the molecule is CCOC(C)[P+](=O)C(C)(C)[B]O. The molecule has 0 bridgehead atoms. The van der Waals surface area contributed by atoms with Crippen LogP contribution in [-0.4, -0.2) is 30.0 Å². The summed E-state index contributed by atoms with van der Waals surface area (Å²) in [4.78, 5) is 0. The maximum atomic E-state index is 11.6. The van der Waals surface area contributed by atoms with Gasteiger partial charge in [-0.3, -0.25) is 0 Å². The molecule has 0 aliphatic heterocycles. The molecule has 0 fully saturated rings. The summed E-state index contributed by atoms with van der Waals surface area (Å²) < 4.78 is 16.8.